The predicted octanol–water partition coefficient (Wildman–Crippen LogP) is 1.30. The topological polar surface area (TPSA) is 26.0 Å². The smallest absolute Gasteiger partial charge is 0.156 e. The van der Waals surface area contributed by atoms with E-state index in [1.807, 2.05) is 17.7 Å². The molecule has 0 aliphatic carbocycles. The fourth-order valence-corrected chi connectivity index (χ4v) is 0.972. The van der Waals surface area contributed by atoms with E-state index in [0.717, 1.165) is 13.9 Å². The minimum Gasteiger partial charge on any atom is -0.398 e. The molecule has 0 saturated carbocycles. The van der Waals surface area contributed by atoms with Gasteiger partial charge in [0.05, 0.1) is 0 Å². The van der Waals surface area contributed by atoms with Crippen molar-refractivity contribution in [2.75, 3.05) is 5.73 Å². The molecule has 1 heterocycles. The van der Waals surface area contributed by atoms with Crippen LogP contribution >= 0.6 is 8.19 Å². The quantitative estimate of drug-likeness (QED) is 0.565. The molecule has 0 aliphatic heterocycles. The lowest BCUT2D eigenvalue weighted by Gasteiger charge is -1.69. The highest BCUT2D eigenvalue weighted by Crippen LogP contribution is 2.10. The van der Waals surface area contributed by atoms with Gasteiger partial charge in [-0.1, -0.05) is 0 Å². The highest BCUT2D eigenvalue weighted by atomic mass is 31.0. The number of nitrogen functional groups attached to an aromatic ring is 1. The van der Waals surface area contributed by atoms with Gasteiger partial charge in [-0.25, -0.2) is 0 Å². The summed E-state index contributed by atoms with van der Waals surface area (Å²) in [5.41, 5.74) is 3.21. The summed E-state index contributed by atoms with van der Waals surface area (Å²) < 4.78 is 6.63. The molecule has 32 valence electrons. The van der Waals surface area contributed by atoms with E-state index in [2.05, 4.69) is 5.73 Å². The van der Waals surface area contributed by atoms with Gasteiger partial charge in [-0.2, -0.15) is 0 Å². The van der Waals surface area contributed by atoms with E-state index < -0.39 is 0 Å². The molecule has 2 heteroatoms. The zero-order valence-electron chi connectivity index (χ0n) is 4.23. The van der Waals surface area contributed by atoms with Crippen molar-refractivity contribution in [3.05, 3.63) is 17.7 Å². The van der Waals surface area contributed by atoms with Crippen LogP contribution in [0.1, 0.15) is 0 Å². The first kappa shape index (κ1) is 2.70. The van der Waals surface area contributed by atoms with Gasteiger partial charge in [-0.05, 0) is 17.7 Å². The van der Waals surface area contributed by atoms with E-state index in [4.69, 9.17) is 1.41 Å². The monoisotopic (exact) mass is 100 g/mol. The molecule has 2 N–H and O–H groups in total. The summed E-state index contributed by atoms with van der Waals surface area (Å²) in [6, 6.07) is 1.91. The molecular weight excluding hydrogens is 93.0 g/mol. The number of nitrogens with two attached hydrogens (primary N) is 1. The Kier molecular flexibility index (Phi) is 0.611. The Morgan fingerprint density at radius 3 is 3.33 bits per heavy atom. The summed E-state index contributed by atoms with van der Waals surface area (Å²) >= 11 is 0. The van der Waals surface area contributed by atoms with Gasteiger partial charge in [0.1, 0.15) is 0 Å². The van der Waals surface area contributed by atoms with Crippen molar-refractivity contribution in [1.82, 2.24) is 0 Å². The van der Waals surface area contributed by atoms with E-state index in [-0.39, 0.29) is 0 Å². The first-order valence-electron chi connectivity index (χ1n) is 2.24. The molecule has 1 aromatic rings. The number of anilines is 1. The summed E-state index contributed by atoms with van der Waals surface area (Å²) in [6.07, 6.45) is 0. The molecule has 1 nitrogen and oxygen atoms in total. The molecule has 0 aliphatic rings. The Morgan fingerprint density at radius 1 is 2.00 bits per heavy atom. The van der Waals surface area contributed by atoms with Gasteiger partial charge in [0.2, 0.25) is 0 Å². The van der Waals surface area contributed by atoms with Gasteiger partial charge in [-0.3, -0.25) is 0 Å². The van der Waals surface area contributed by atoms with E-state index in [9.17, 15) is 0 Å². The van der Waals surface area contributed by atoms with Crippen LogP contribution in [0.15, 0.2) is 17.7 Å². The van der Waals surface area contributed by atoms with Crippen molar-refractivity contribution in [3.8, 4) is 0 Å². The first-order chi connectivity index (χ1) is 3.43. The molecule has 1 rings (SSSR count). The molecule has 0 saturated heterocycles. The molecule has 1 unspecified atom stereocenters. The number of hydrogen-bond donors (Lipinski definition) is 1. The van der Waals surface area contributed by atoms with E-state index in [0.29, 0.717) is 0 Å². The highest BCUT2D eigenvalue weighted by Gasteiger charge is 1.73. The molecule has 0 fully saturated rings. The molecule has 0 amide bonds. The van der Waals surface area contributed by atoms with Crippen molar-refractivity contribution < 1.29 is 1.41 Å². The highest BCUT2D eigenvalue weighted by molar-refractivity contribution is 7.28. The molecular formula is C4H6NP. The average Bonchev–Trinajstić information content (AvgIpc) is 2.14. The minimum absolute atomic E-state index is 0.771. The third kappa shape index (κ3) is 0.550. The zero-order chi connectivity index (χ0) is 5.11. The van der Waals surface area contributed by atoms with Gasteiger partial charge in [0, 0.05) is 5.69 Å². The Bertz CT molecular complexity index is 126. The molecule has 1 aromatic heterocycles. The maximum Gasteiger partial charge on any atom is 0.156 e. The summed E-state index contributed by atoms with van der Waals surface area (Å²) in [4.78, 5) is 0. The maximum atomic E-state index is 6.63. The van der Waals surface area contributed by atoms with E-state index >= 15 is 0 Å². The van der Waals surface area contributed by atoms with Crippen LogP contribution in [0.4, 0.5) is 5.69 Å². The van der Waals surface area contributed by atoms with Crippen molar-refractivity contribution in [2.24, 2.45) is 0 Å². The largest absolute Gasteiger partial charge is 0.398 e. The van der Waals surface area contributed by atoms with Gasteiger partial charge >= 0.3 is 0 Å². The van der Waals surface area contributed by atoms with Gasteiger partial charge in [0.15, 0.2) is 1.41 Å². The number of hydrogen-bond acceptors (Lipinski definition) is 1. The van der Waals surface area contributed by atoms with Crippen LogP contribution in [-0.2, 0) is 0 Å². The second-order valence-corrected chi connectivity index (χ2v) is 2.06. The van der Waals surface area contributed by atoms with Crippen molar-refractivity contribution in [2.45, 2.75) is 0 Å². The molecule has 0 spiro atoms. The first-order valence-corrected chi connectivity index (χ1v) is 2.89. The average molecular weight is 100 g/mol. The fraction of sp³-hybridized carbons (Fsp3) is 0. The van der Waals surface area contributed by atoms with Crippen molar-refractivity contribution >= 4 is 13.9 Å². The van der Waals surface area contributed by atoms with Crippen molar-refractivity contribution in [3.63, 3.8) is 0 Å². The lowest BCUT2D eigenvalue weighted by Crippen LogP contribution is -1.74. The van der Waals surface area contributed by atoms with E-state index in [1.54, 1.807) is 0 Å². The molecule has 0 aromatic carbocycles. The van der Waals surface area contributed by atoms with Crippen LogP contribution in [0.25, 0.3) is 0 Å². The summed E-state index contributed by atoms with van der Waals surface area (Å²) in [6.45, 7) is 0. The predicted molar refractivity (Wildman–Crippen MR) is 30.4 cm³/mol. The summed E-state index contributed by atoms with van der Waals surface area (Å²) in [7, 11) is 0.771. The third-order valence-corrected chi connectivity index (χ3v) is 1.43. The standard InChI is InChI=1S/C4H6NP/c5-4-1-2-6-3-4/h1-3,6H,5H2/i/hD. The van der Waals surface area contributed by atoms with Crippen LogP contribution in [0.5, 0.6) is 0 Å². The van der Waals surface area contributed by atoms with E-state index in [1.165, 1.54) is 0 Å². The second kappa shape index (κ2) is 1.36. The fourth-order valence-electron chi connectivity index (χ4n) is 0.324. The van der Waals surface area contributed by atoms with Gasteiger partial charge in [0.25, 0.3) is 0 Å². The Labute approximate surface area is 39.7 Å². The SMILES string of the molecule is [2H]Nc1cc[pH]c1. The molecule has 0 radical (unpaired) electrons. The lowest BCUT2D eigenvalue weighted by molar-refractivity contribution is 1.89. The van der Waals surface area contributed by atoms with Gasteiger partial charge in [-0.15, -0.1) is 8.19 Å². The third-order valence-electron chi connectivity index (χ3n) is 0.598. The molecule has 1 atom stereocenters. The van der Waals surface area contributed by atoms with Crippen LogP contribution in [0.3, 0.4) is 0 Å². The minimum atomic E-state index is 0.771. The summed E-state index contributed by atoms with van der Waals surface area (Å²) in [5.74, 6) is 4.03. The Balaban J connectivity index is 2.76. The Hall–Kier alpha value is -0.420. The van der Waals surface area contributed by atoms with Crippen LogP contribution < -0.4 is 5.73 Å². The maximum absolute atomic E-state index is 6.63. The number of rotatable bonds is 1. The second-order valence-electron chi connectivity index (χ2n) is 1.10. The van der Waals surface area contributed by atoms with Crippen LogP contribution in [0.2, 0.25) is 1.41 Å². The van der Waals surface area contributed by atoms with Crippen LogP contribution in [-0.4, -0.2) is 0 Å². The molecule has 0 bridgehead atoms. The Morgan fingerprint density at radius 2 is 3.00 bits per heavy atom. The van der Waals surface area contributed by atoms with Crippen LogP contribution in [0, 0.1) is 0 Å². The zero-order valence-corrected chi connectivity index (χ0v) is 4.23. The molecule has 6 heavy (non-hydrogen) atoms. The lowest BCUT2D eigenvalue weighted by atomic mass is 10.6. The van der Waals surface area contributed by atoms with Gasteiger partial charge < -0.3 is 5.73 Å². The van der Waals surface area contributed by atoms with Crippen molar-refractivity contribution in [1.29, 1.82) is 0 Å². The normalized spacial score (nSPS) is 11.7. The summed E-state index contributed by atoms with van der Waals surface area (Å²) in [5, 5.41) is 0.